The van der Waals surface area contributed by atoms with Gasteiger partial charge in [-0.15, -0.1) is 0 Å². The maximum atomic E-state index is 11.0. The van der Waals surface area contributed by atoms with Crippen LogP contribution in [-0.2, 0) is 0 Å². The molecule has 0 unspecified atom stereocenters. The SMILES string of the molecule is C=CC(=C)CC[C@@H]1[C@@]2(C)CCCC(C)(C)[C@H]2CC[C@]1(C)O. The Kier molecular flexibility index (Phi) is 4.46. The molecule has 4 atom stereocenters. The van der Waals surface area contributed by atoms with E-state index in [-0.39, 0.29) is 5.41 Å². The summed E-state index contributed by atoms with van der Waals surface area (Å²) in [5, 5.41) is 11.0. The molecule has 0 aromatic rings. The van der Waals surface area contributed by atoms with Crippen molar-refractivity contribution in [2.45, 2.75) is 78.2 Å². The average Bonchev–Trinajstić information content (AvgIpc) is 2.35. The minimum Gasteiger partial charge on any atom is -0.390 e. The molecule has 0 saturated heterocycles. The van der Waals surface area contributed by atoms with Crippen molar-refractivity contribution in [3.8, 4) is 0 Å². The summed E-state index contributed by atoms with van der Waals surface area (Å²) >= 11 is 0. The van der Waals surface area contributed by atoms with Crippen LogP contribution in [0.1, 0.15) is 72.6 Å². The monoisotopic (exact) mass is 290 g/mol. The fourth-order valence-corrected chi connectivity index (χ4v) is 5.70. The smallest absolute Gasteiger partial charge is 0.0653 e. The third kappa shape index (κ3) is 2.99. The number of rotatable bonds is 4. The summed E-state index contributed by atoms with van der Waals surface area (Å²) in [6.45, 7) is 17.3. The lowest BCUT2D eigenvalue weighted by Gasteiger charge is -2.61. The van der Waals surface area contributed by atoms with E-state index in [4.69, 9.17) is 0 Å². The largest absolute Gasteiger partial charge is 0.390 e. The first-order chi connectivity index (χ1) is 9.63. The molecule has 0 radical (unpaired) electrons. The van der Waals surface area contributed by atoms with Crippen LogP contribution in [0, 0.1) is 22.7 Å². The van der Waals surface area contributed by atoms with Gasteiger partial charge in [0.1, 0.15) is 0 Å². The second-order valence-corrected chi connectivity index (χ2v) is 8.75. The Morgan fingerprint density at radius 2 is 1.86 bits per heavy atom. The fourth-order valence-electron chi connectivity index (χ4n) is 5.70. The van der Waals surface area contributed by atoms with Gasteiger partial charge in [0.2, 0.25) is 0 Å². The van der Waals surface area contributed by atoms with Gasteiger partial charge in [0.15, 0.2) is 0 Å². The van der Waals surface area contributed by atoms with Crippen molar-refractivity contribution in [2.24, 2.45) is 22.7 Å². The molecule has 21 heavy (non-hydrogen) atoms. The summed E-state index contributed by atoms with van der Waals surface area (Å²) in [6, 6.07) is 0. The molecule has 0 aromatic carbocycles. The van der Waals surface area contributed by atoms with Crippen LogP contribution in [0.3, 0.4) is 0 Å². The number of aliphatic hydroxyl groups is 1. The predicted molar refractivity (Wildman–Crippen MR) is 91.1 cm³/mol. The van der Waals surface area contributed by atoms with E-state index < -0.39 is 5.60 Å². The van der Waals surface area contributed by atoms with E-state index in [1.165, 1.54) is 25.7 Å². The van der Waals surface area contributed by atoms with Crippen molar-refractivity contribution in [1.29, 1.82) is 0 Å². The van der Waals surface area contributed by atoms with Crippen molar-refractivity contribution in [1.82, 2.24) is 0 Å². The molecule has 1 heteroatoms. The van der Waals surface area contributed by atoms with Crippen molar-refractivity contribution >= 4 is 0 Å². The van der Waals surface area contributed by atoms with E-state index in [0.29, 0.717) is 11.3 Å². The first-order valence-corrected chi connectivity index (χ1v) is 8.66. The lowest BCUT2D eigenvalue weighted by Crippen LogP contribution is -2.57. The van der Waals surface area contributed by atoms with Crippen LogP contribution in [0.4, 0.5) is 0 Å². The Balaban J connectivity index is 2.28. The molecule has 2 rings (SSSR count). The van der Waals surface area contributed by atoms with Gasteiger partial charge in [-0.25, -0.2) is 0 Å². The average molecular weight is 290 g/mol. The van der Waals surface area contributed by atoms with Gasteiger partial charge >= 0.3 is 0 Å². The fraction of sp³-hybridized carbons (Fsp3) is 0.800. The van der Waals surface area contributed by atoms with Crippen LogP contribution in [0.5, 0.6) is 0 Å². The maximum Gasteiger partial charge on any atom is 0.0653 e. The van der Waals surface area contributed by atoms with Gasteiger partial charge in [0.25, 0.3) is 0 Å². The minimum atomic E-state index is -0.528. The van der Waals surface area contributed by atoms with E-state index >= 15 is 0 Å². The highest BCUT2D eigenvalue weighted by Gasteiger charge is 2.57. The van der Waals surface area contributed by atoms with Gasteiger partial charge in [-0.2, -0.15) is 0 Å². The summed E-state index contributed by atoms with van der Waals surface area (Å²) in [5.41, 5.74) is 1.26. The molecule has 2 fully saturated rings. The summed E-state index contributed by atoms with van der Waals surface area (Å²) < 4.78 is 0. The van der Waals surface area contributed by atoms with Gasteiger partial charge < -0.3 is 5.11 Å². The zero-order chi connectivity index (χ0) is 15.9. The van der Waals surface area contributed by atoms with Crippen molar-refractivity contribution < 1.29 is 5.11 Å². The van der Waals surface area contributed by atoms with Gasteiger partial charge in [0.05, 0.1) is 5.60 Å². The van der Waals surface area contributed by atoms with Crippen LogP contribution in [-0.4, -0.2) is 10.7 Å². The van der Waals surface area contributed by atoms with E-state index in [1.54, 1.807) is 0 Å². The van der Waals surface area contributed by atoms with Gasteiger partial charge in [-0.1, -0.05) is 52.0 Å². The Morgan fingerprint density at radius 3 is 2.48 bits per heavy atom. The Morgan fingerprint density at radius 1 is 1.19 bits per heavy atom. The van der Waals surface area contributed by atoms with Gasteiger partial charge in [-0.3, -0.25) is 0 Å². The van der Waals surface area contributed by atoms with E-state index in [0.717, 1.165) is 30.8 Å². The molecule has 2 aliphatic carbocycles. The summed E-state index contributed by atoms with van der Waals surface area (Å²) in [6.07, 6.45) is 9.90. The number of fused-ring (bicyclic) bond motifs is 1. The second-order valence-electron chi connectivity index (χ2n) is 8.75. The Bertz CT molecular complexity index is 418. The normalized spacial score (nSPS) is 42.1. The lowest BCUT2D eigenvalue weighted by atomic mass is 9.45. The van der Waals surface area contributed by atoms with Crippen LogP contribution < -0.4 is 0 Å². The molecule has 0 aliphatic heterocycles. The number of hydrogen-bond acceptors (Lipinski definition) is 1. The zero-order valence-electron chi connectivity index (χ0n) is 14.5. The van der Waals surface area contributed by atoms with Crippen LogP contribution >= 0.6 is 0 Å². The van der Waals surface area contributed by atoms with Crippen molar-refractivity contribution in [2.75, 3.05) is 0 Å². The topological polar surface area (TPSA) is 20.2 Å². The molecule has 2 aliphatic rings. The standard InChI is InChI=1S/C20H34O/c1-7-15(2)9-10-17-19(5)13-8-12-18(3,4)16(19)11-14-20(17,6)21/h7,16-17,21H,1-2,8-14H2,3-6H3/t16-,17-,19+,20+/m1/s1. The molecule has 1 nitrogen and oxygen atoms in total. The molecule has 0 spiro atoms. The van der Waals surface area contributed by atoms with E-state index in [2.05, 4.69) is 40.9 Å². The van der Waals surface area contributed by atoms with Crippen molar-refractivity contribution in [3.05, 3.63) is 24.8 Å². The van der Waals surface area contributed by atoms with Crippen molar-refractivity contribution in [3.63, 3.8) is 0 Å². The van der Waals surface area contributed by atoms with Crippen LogP contribution in [0.2, 0.25) is 0 Å². The highest BCUT2D eigenvalue weighted by atomic mass is 16.3. The highest BCUT2D eigenvalue weighted by molar-refractivity contribution is 5.13. The minimum absolute atomic E-state index is 0.269. The quantitative estimate of drug-likeness (QED) is 0.678. The first-order valence-electron chi connectivity index (χ1n) is 8.66. The highest BCUT2D eigenvalue weighted by Crippen LogP contribution is 2.62. The number of hydrogen-bond donors (Lipinski definition) is 1. The van der Waals surface area contributed by atoms with Gasteiger partial charge in [-0.05, 0) is 68.1 Å². The molecule has 0 aromatic heterocycles. The maximum absolute atomic E-state index is 11.0. The molecular weight excluding hydrogens is 256 g/mol. The third-order valence-corrected chi connectivity index (χ3v) is 6.80. The Labute approximate surface area is 131 Å². The Hall–Kier alpha value is -0.560. The number of allylic oxidation sites excluding steroid dienone is 2. The van der Waals surface area contributed by atoms with E-state index in [1.807, 2.05) is 6.08 Å². The predicted octanol–water partition coefficient (Wildman–Crippen LogP) is 5.50. The molecule has 1 N–H and O–H groups in total. The molecule has 2 saturated carbocycles. The molecule has 0 amide bonds. The lowest BCUT2D eigenvalue weighted by molar-refractivity contribution is -0.168. The summed E-state index contributed by atoms with van der Waals surface area (Å²) in [4.78, 5) is 0. The zero-order valence-corrected chi connectivity index (χ0v) is 14.5. The summed E-state index contributed by atoms with van der Waals surface area (Å²) in [7, 11) is 0. The van der Waals surface area contributed by atoms with Gasteiger partial charge in [0, 0.05) is 0 Å². The molecule has 0 bridgehead atoms. The van der Waals surface area contributed by atoms with E-state index in [9.17, 15) is 5.11 Å². The second kappa shape index (κ2) is 5.57. The molecular formula is C20H34O. The van der Waals surface area contributed by atoms with Crippen LogP contribution in [0.15, 0.2) is 24.8 Å². The third-order valence-electron chi connectivity index (χ3n) is 6.80. The molecule has 0 heterocycles. The molecule has 120 valence electrons. The van der Waals surface area contributed by atoms with Crippen LogP contribution in [0.25, 0.3) is 0 Å². The summed E-state index contributed by atoms with van der Waals surface area (Å²) in [5.74, 6) is 1.11. The first kappa shape index (κ1) is 16.8.